The molecule has 2 aromatic heterocycles. The Morgan fingerprint density at radius 2 is 1.96 bits per heavy atom. The summed E-state index contributed by atoms with van der Waals surface area (Å²) in [5, 5.41) is 4.70. The topological polar surface area (TPSA) is 64.1 Å². The summed E-state index contributed by atoms with van der Waals surface area (Å²) in [6, 6.07) is 14.8. The smallest absolute Gasteiger partial charge is 0.270 e. The van der Waals surface area contributed by atoms with Crippen molar-refractivity contribution >= 4 is 16.7 Å². The molecule has 0 saturated carbocycles. The van der Waals surface area contributed by atoms with Crippen molar-refractivity contribution in [3.05, 3.63) is 66.1 Å². The third-order valence-corrected chi connectivity index (χ3v) is 3.61. The lowest BCUT2D eigenvalue weighted by Gasteiger charge is -2.14. The van der Waals surface area contributed by atoms with Crippen LogP contribution in [0.25, 0.3) is 10.8 Å². The second-order valence-electron chi connectivity index (χ2n) is 5.19. The van der Waals surface area contributed by atoms with Gasteiger partial charge in [0.05, 0.1) is 18.8 Å². The summed E-state index contributed by atoms with van der Waals surface area (Å²) >= 11 is 0. The first-order valence-electron chi connectivity index (χ1n) is 7.34. The predicted octanol–water partition coefficient (Wildman–Crippen LogP) is 3.13. The summed E-state index contributed by atoms with van der Waals surface area (Å²) in [5.74, 6) is 0.186. The molecule has 2 heterocycles. The maximum Gasteiger partial charge on any atom is 0.270 e. The van der Waals surface area contributed by atoms with Gasteiger partial charge in [0.2, 0.25) is 5.88 Å². The molecule has 1 amide bonds. The highest BCUT2D eigenvalue weighted by atomic mass is 16.5. The number of hydrogen-bond acceptors (Lipinski definition) is 4. The molecule has 3 rings (SSSR count). The number of carbonyl (C=O) groups is 1. The van der Waals surface area contributed by atoms with E-state index in [9.17, 15) is 4.79 Å². The van der Waals surface area contributed by atoms with E-state index in [1.807, 2.05) is 49.4 Å². The van der Waals surface area contributed by atoms with Crippen molar-refractivity contribution < 1.29 is 9.53 Å². The maximum atomic E-state index is 12.5. The minimum atomic E-state index is -0.257. The normalized spacial score (nSPS) is 11.9. The Kier molecular flexibility index (Phi) is 4.19. The lowest BCUT2D eigenvalue weighted by molar-refractivity contribution is 0.0933. The van der Waals surface area contributed by atoms with Crippen LogP contribution in [0.2, 0.25) is 0 Å². The van der Waals surface area contributed by atoms with Gasteiger partial charge in [0, 0.05) is 11.6 Å². The third-order valence-electron chi connectivity index (χ3n) is 3.61. The number of fused-ring (bicyclic) bond motifs is 1. The van der Waals surface area contributed by atoms with Crippen LogP contribution >= 0.6 is 0 Å². The van der Waals surface area contributed by atoms with Gasteiger partial charge in [-0.3, -0.25) is 9.78 Å². The number of hydrogen-bond donors (Lipinski definition) is 1. The molecule has 3 aromatic rings. The van der Waals surface area contributed by atoms with E-state index >= 15 is 0 Å². The van der Waals surface area contributed by atoms with E-state index in [1.165, 1.54) is 0 Å². The van der Waals surface area contributed by atoms with E-state index in [0.717, 1.165) is 16.5 Å². The van der Waals surface area contributed by atoms with Crippen LogP contribution in [0, 0.1) is 0 Å². The van der Waals surface area contributed by atoms with Crippen molar-refractivity contribution in [1.29, 1.82) is 0 Å². The molecule has 1 aromatic carbocycles. The molecular weight excluding hydrogens is 290 g/mol. The molecule has 0 spiro atoms. The van der Waals surface area contributed by atoms with Crippen LogP contribution in [0.1, 0.15) is 29.1 Å². The Morgan fingerprint density at radius 1 is 1.17 bits per heavy atom. The van der Waals surface area contributed by atoms with E-state index in [2.05, 4.69) is 15.3 Å². The quantitative estimate of drug-likeness (QED) is 0.804. The van der Waals surface area contributed by atoms with Crippen molar-refractivity contribution in [2.75, 3.05) is 7.11 Å². The monoisotopic (exact) mass is 307 g/mol. The molecule has 5 heteroatoms. The molecule has 0 aliphatic carbocycles. The molecule has 1 N–H and O–H groups in total. The highest BCUT2D eigenvalue weighted by Crippen LogP contribution is 2.24. The van der Waals surface area contributed by atoms with Crippen LogP contribution in [0.15, 0.2) is 54.7 Å². The van der Waals surface area contributed by atoms with Gasteiger partial charge in [-0.05, 0) is 36.6 Å². The zero-order valence-electron chi connectivity index (χ0n) is 13.0. The van der Waals surface area contributed by atoms with Crippen LogP contribution in [0.3, 0.4) is 0 Å². The summed E-state index contributed by atoms with van der Waals surface area (Å²) in [6.07, 6.45) is 1.70. The van der Waals surface area contributed by atoms with Gasteiger partial charge < -0.3 is 10.1 Å². The number of methoxy groups -OCH3 is 1. The highest BCUT2D eigenvalue weighted by Gasteiger charge is 2.16. The van der Waals surface area contributed by atoms with Gasteiger partial charge in [-0.1, -0.05) is 24.3 Å². The molecule has 0 unspecified atom stereocenters. The zero-order valence-corrected chi connectivity index (χ0v) is 13.0. The van der Waals surface area contributed by atoms with Gasteiger partial charge in [0.15, 0.2) is 0 Å². The average molecular weight is 307 g/mol. The summed E-state index contributed by atoms with van der Waals surface area (Å²) in [6.45, 7) is 1.89. The van der Waals surface area contributed by atoms with Crippen molar-refractivity contribution in [1.82, 2.24) is 15.3 Å². The molecule has 0 saturated heterocycles. The minimum Gasteiger partial charge on any atom is -0.481 e. The van der Waals surface area contributed by atoms with Gasteiger partial charge >= 0.3 is 0 Å². The average Bonchev–Trinajstić information content (AvgIpc) is 2.61. The Balaban J connectivity index is 1.89. The van der Waals surface area contributed by atoms with Crippen molar-refractivity contribution in [2.24, 2.45) is 0 Å². The standard InChI is InChI=1S/C18H17N3O2/c1-12(15-9-5-6-10-19-15)20-17(22)16-11-13-7-3-4-8-14(13)18(21-16)23-2/h3-12H,1-2H3,(H,20,22)/t12-/m1/s1. The van der Waals surface area contributed by atoms with E-state index in [1.54, 1.807) is 19.4 Å². The van der Waals surface area contributed by atoms with Gasteiger partial charge in [-0.15, -0.1) is 0 Å². The van der Waals surface area contributed by atoms with Crippen LogP contribution < -0.4 is 10.1 Å². The number of amides is 1. The van der Waals surface area contributed by atoms with Gasteiger partial charge in [-0.2, -0.15) is 0 Å². The third kappa shape index (κ3) is 3.13. The van der Waals surface area contributed by atoms with E-state index in [4.69, 9.17) is 4.74 Å². The minimum absolute atomic E-state index is 0.206. The first-order chi connectivity index (χ1) is 11.2. The van der Waals surface area contributed by atoms with E-state index < -0.39 is 0 Å². The highest BCUT2D eigenvalue weighted by molar-refractivity contribution is 5.98. The Bertz CT molecular complexity index is 834. The summed E-state index contributed by atoms with van der Waals surface area (Å²) in [4.78, 5) is 21.0. The lowest BCUT2D eigenvalue weighted by atomic mass is 10.1. The number of aromatic nitrogens is 2. The number of nitrogens with one attached hydrogen (secondary N) is 1. The second kappa shape index (κ2) is 6.44. The summed E-state index contributed by atoms with van der Waals surface area (Å²) in [5.41, 5.74) is 1.12. The fraction of sp³-hybridized carbons (Fsp3) is 0.167. The SMILES string of the molecule is COc1nc(C(=O)N[C@H](C)c2ccccn2)cc2ccccc12. The molecule has 5 nitrogen and oxygen atoms in total. The molecule has 0 bridgehead atoms. The van der Waals surface area contributed by atoms with Crippen molar-refractivity contribution in [3.8, 4) is 5.88 Å². The molecule has 0 radical (unpaired) electrons. The number of nitrogens with zero attached hydrogens (tertiary/aromatic N) is 2. The van der Waals surface area contributed by atoms with Crippen LogP contribution in [0.4, 0.5) is 0 Å². The first-order valence-corrected chi connectivity index (χ1v) is 7.34. The number of carbonyl (C=O) groups excluding carboxylic acids is 1. The zero-order chi connectivity index (χ0) is 16.2. The summed E-state index contributed by atoms with van der Waals surface area (Å²) < 4.78 is 5.30. The fourth-order valence-electron chi connectivity index (χ4n) is 2.42. The first kappa shape index (κ1) is 15.0. The number of benzene rings is 1. The van der Waals surface area contributed by atoms with Gasteiger partial charge in [0.1, 0.15) is 5.69 Å². The largest absolute Gasteiger partial charge is 0.481 e. The van der Waals surface area contributed by atoms with Crippen molar-refractivity contribution in [3.63, 3.8) is 0 Å². The summed E-state index contributed by atoms with van der Waals surface area (Å²) in [7, 11) is 1.55. The van der Waals surface area contributed by atoms with Crippen LogP contribution in [-0.2, 0) is 0 Å². The lowest BCUT2D eigenvalue weighted by Crippen LogP contribution is -2.28. The van der Waals surface area contributed by atoms with Crippen LogP contribution in [0.5, 0.6) is 5.88 Å². The molecule has 0 aliphatic heterocycles. The molecule has 23 heavy (non-hydrogen) atoms. The molecule has 0 aliphatic rings. The number of pyridine rings is 2. The van der Waals surface area contributed by atoms with Gasteiger partial charge in [0.25, 0.3) is 5.91 Å². The van der Waals surface area contributed by atoms with Crippen LogP contribution in [-0.4, -0.2) is 23.0 Å². The molecular formula is C18H17N3O2. The van der Waals surface area contributed by atoms with E-state index in [-0.39, 0.29) is 11.9 Å². The number of ether oxygens (including phenoxy) is 1. The maximum absolute atomic E-state index is 12.5. The Morgan fingerprint density at radius 3 is 2.70 bits per heavy atom. The fourth-order valence-corrected chi connectivity index (χ4v) is 2.42. The molecule has 116 valence electrons. The number of rotatable bonds is 4. The van der Waals surface area contributed by atoms with Gasteiger partial charge in [-0.25, -0.2) is 4.98 Å². The van der Waals surface area contributed by atoms with Crippen molar-refractivity contribution in [2.45, 2.75) is 13.0 Å². The Hall–Kier alpha value is -2.95. The predicted molar refractivity (Wildman–Crippen MR) is 88.4 cm³/mol. The second-order valence-corrected chi connectivity index (χ2v) is 5.19. The molecule has 1 atom stereocenters. The van der Waals surface area contributed by atoms with E-state index in [0.29, 0.717) is 11.6 Å². The Labute approximate surface area is 134 Å². The molecule has 0 fully saturated rings.